The van der Waals surface area contributed by atoms with Gasteiger partial charge in [-0.2, -0.15) is 0 Å². The van der Waals surface area contributed by atoms with Gasteiger partial charge in [0.05, 0.1) is 0 Å². The average molecular weight is 213 g/mol. The second-order valence-electron chi connectivity index (χ2n) is 2.96. The molecule has 0 saturated carbocycles. The van der Waals surface area contributed by atoms with Crippen LogP contribution >= 0.6 is 11.6 Å². The van der Waals surface area contributed by atoms with E-state index >= 15 is 0 Å². The predicted molar refractivity (Wildman–Crippen MR) is 52.5 cm³/mol. The van der Waals surface area contributed by atoms with E-state index in [-0.39, 0.29) is 11.8 Å². The summed E-state index contributed by atoms with van der Waals surface area (Å²) in [4.78, 5) is 0. The molecule has 2 rings (SSSR count). The van der Waals surface area contributed by atoms with Crippen LogP contribution in [0.3, 0.4) is 0 Å². The summed E-state index contributed by atoms with van der Waals surface area (Å²) < 4.78 is 10.3. The summed E-state index contributed by atoms with van der Waals surface area (Å²) in [5, 5.41) is 9.79. The van der Waals surface area contributed by atoms with E-state index in [2.05, 4.69) is 6.58 Å². The van der Waals surface area contributed by atoms with Crippen LogP contribution in [-0.4, -0.2) is 11.9 Å². The van der Waals surface area contributed by atoms with Gasteiger partial charge in [-0.25, -0.2) is 0 Å². The maximum Gasteiger partial charge on any atom is 0.231 e. The number of benzene rings is 1. The molecule has 1 aliphatic heterocycles. The maximum absolute atomic E-state index is 9.60. The smallest absolute Gasteiger partial charge is 0.231 e. The standard InChI is InChI=1S/C10H9ClO3/c1-6(11)10(12)7-2-3-8-9(4-7)14-5-13-8/h2-4,10,12H,1,5H2. The molecule has 1 N–H and O–H groups in total. The molecule has 0 bridgehead atoms. The maximum atomic E-state index is 9.60. The minimum atomic E-state index is -0.869. The molecule has 74 valence electrons. The highest BCUT2D eigenvalue weighted by Gasteiger charge is 2.17. The van der Waals surface area contributed by atoms with Gasteiger partial charge >= 0.3 is 0 Å². The number of halogens is 1. The molecule has 1 heterocycles. The molecule has 0 aliphatic carbocycles. The van der Waals surface area contributed by atoms with Crippen molar-refractivity contribution < 1.29 is 14.6 Å². The molecular formula is C10H9ClO3. The molecule has 0 aromatic heterocycles. The topological polar surface area (TPSA) is 38.7 Å². The molecule has 1 aromatic carbocycles. The van der Waals surface area contributed by atoms with Gasteiger partial charge in [0.1, 0.15) is 6.10 Å². The Hall–Kier alpha value is -1.19. The van der Waals surface area contributed by atoms with Gasteiger partial charge in [0.2, 0.25) is 6.79 Å². The van der Waals surface area contributed by atoms with Gasteiger partial charge in [-0.1, -0.05) is 24.2 Å². The number of fused-ring (bicyclic) bond motifs is 1. The van der Waals surface area contributed by atoms with Crippen LogP contribution in [0.4, 0.5) is 0 Å². The fourth-order valence-corrected chi connectivity index (χ4v) is 1.39. The van der Waals surface area contributed by atoms with Crippen LogP contribution in [0.15, 0.2) is 29.8 Å². The van der Waals surface area contributed by atoms with E-state index in [1.807, 2.05) is 0 Å². The molecule has 1 unspecified atom stereocenters. The van der Waals surface area contributed by atoms with E-state index in [0.717, 1.165) is 0 Å². The Morgan fingerprint density at radius 3 is 2.86 bits per heavy atom. The van der Waals surface area contributed by atoms with Crippen LogP contribution < -0.4 is 9.47 Å². The van der Waals surface area contributed by atoms with Crippen molar-refractivity contribution in [1.82, 2.24) is 0 Å². The third kappa shape index (κ3) is 1.56. The van der Waals surface area contributed by atoms with Crippen molar-refractivity contribution in [2.24, 2.45) is 0 Å². The SMILES string of the molecule is C=C(Cl)C(O)c1ccc2c(c1)OCO2. The number of aliphatic hydroxyl groups excluding tert-OH is 1. The van der Waals surface area contributed by atoms with Gasteiger partial charge in [0.15, 0.2) is 11.5 Å². The number of aliphatic hydroxyl groups is 1. The van der Waals surface area contributed by atoms with E-state index in [1.165, 1.54) is 0 Å². The summed E-state index contributed by atoms with van der Waals surface area (Å²) in [7, 11) is 0. The van der Waals surface area contributed by atoms with Crippen LogP contribution in [0, 0.1) is 0 Å². The van der Waals surface area contributed by atoms with Crippen LogP contribution in [0.25, 0.3) is 0 Å². The minimum absolute atomic E-state index is 0.184. The molecule has 1 aliphatic rings. The minimum Gasteiger partial charge on any atom is -0.454 e. The summed E-state index contributed by atoms with van der Waals surface area (Å²) >= 11 is 5.60. The van der Waals surface area contributed by atoms with E-state index in [9.17, 15) is 5.11 Å². The zero-order chi connectivity index (χ0) is 10.1. The lowest BCUT2D eigenvalue weighted by Crippen LogP contribution is -1.96. The highest BCUT2D eigenvalue weighted by Crippen LogP contribution is 2.35. The number of ether oxygens (including phenoxy) is 2. The normalized spacial score (nSPS) is 15.3. The average Bonchev–Trinajstić information content (AvgIpc) is 2.62. The molecule has 0 fully saturated rings. The van der Waals surface area contributed by atoms with E-state index in [1.54, 1.807) is 18.2 Å². The van der Waals surface area contributed by atoms with E-state index < -0.39 is 6.10 Å². The highest BCUT2D eigenvalue weighted by molar-refractivity contribution is 6.29. The zero-order valence-electron chi connectivity index (χ0n) is 7.37. The van der Waals surface area contributed by atoms with Crippen LogP contribution in [0.1, 0.15) is 11.7 Å². The molecule has 14 heavy (non-hydrogen) atoms. The highest BCUT2D eigenvalue weighted by atomic mass is 35.5. The molecule has 4 heteroatoms. The Morgan fingerprint density at radius 1 is 1.43 bits per heavy atom. The van der Waals surface area contributed by atoms with Crippen LogP contribution in [-0.2, 0) is 0 Å². The van der Waals surface area contributed by atoms with Gasteiger partial charge in [-0.15, -0.1) is 0 Å². The summed E-state index contributed by atoms with van der Waals surface area (Å²) in [6, 6.07) is 5.16. The Labute approximate surface area is 86.5 Å². The van der Waals surface area contributed by atoms with Gasteiger partial charge in [-0.3, -0.25) is 0 Å². The van der Waals surface area contributed by atoms with Crippen molar-refractivity contribution in [3.8, 4) is 11.5 Å². The Bertz CT molecular complexity index is 376. The van der Waals surface area contributed by atoms with E-state index in [4.69, 9.17) is 21.1 Å². The fraction of sp³-hybridized carbons (Fsp3) is 0.200. The third-order valence-electron chi connectivity index (χ3n) is 2.01. The summed E-state index contributed by atoms with van der Waals surface area (Å²) in [5.41, 5.74) is 0.647. The molecule has 0 radical (unpaired) electrons. The Balaban J connectivity index is 2.33. The largest absolute Gasteiger partial charge is 0.454 e. The monoisotopic (exact) mass is 212 g/mol. The fourth-order valence-electron chi connectivity index (χ4n) is 1.26. The Kier molecular flexibility index (Phi) is 2.35. The number of rotatable bonds is 2. The van der Waals surface area contributed by atoms with E-state index in [0.29, 0.717) is 17.1 Å². The molecule has 3 nitrogen and oxygen atoms in total. The van der Waals surface area contributed by atoms with Crippen LogP contribution in [0.5, 0.6) is 11.5 Å². The lowest BCUT2D eigenvalue weighted by molar-refractivity contribution is 0.173. The first-order valence-electron chi connectivity index (χ1n) is 4.10. The molecule has 0 amide bonds. The van der Waals surface area contributed by atoms with Crippen molar-refractivity contribution in [2.75, 3.05) is 6.79 Å². The zero-order valence-corrected chi connectivity index (χ0v) is 8.12. The van der Waals surface area contributed by atoms with Gasteiger partial charge < -0.3 is 14.6 Å². The molecule has 0 saturated heterocycles. The first-order valence-corrected chi connectivity index (χ1v) is 4.48. The quantitative estimate of drug-likeness (QED) is 0.817. The van der Waals surface area contributed by atoms with Crippen molar-refractivity contribution in [3.63, 3.8) is 0 Å². The van der Waals surface area contributed by atoms with Gasteiger partial charge in [-0.05, 0) is 17.7 Å². The molecule has 1 aromatic rings. The van der Waals surface area contributed by atoms with Gasteiger partial charge in [0.25, 0.3) is 0 Å². The molecule has 1 atom stereocenters. The van der Waals surface area contributed by atoms with Crippen LogP contribution in [0.2, 0.25) is 0 Å². The van der Waals surface area contributed by atoms with Crippen molar-refractivity contribution >= 4 is 11.6 Å². The van der Waals surface area contributed by atoms with Crippen molar-refractivity contribution in [3.05, 3.63) is 35.4 Å². The number of hydrogen-bond acceptors (Lipinski definition) is 3. The predicted octanol–water partition coefficient (Wildman–Crippen LogP) is 2.20. The lowest BCUT2D eigenvalue weighted by Gasteiger charge is -2.09. The lowest BCUT2D eigenvalue weighted by atomic mass is 10.1. The van der Waals surface area contributed by atoms with Crippen molar-refractivity contribution in [1.29, 1.82) is 0 Å². The third-order valence-corrected chi connectivity index (χ3v) is 2.22. The summed E-state index contributed by atoms with van der Waals surface area (Å²) in [5.74, 6) is 1.31. The first kappa shape index (κ1) is 9.37. The number of hydrogen-bond donors (Lipinski definition) is 1. The summed E-state index contributed by atoms with van der Waals surface area (Å²) in [6.07, 6.45) is -0.869. The molecule has 0 spiro atoms. The first-order chi connectivity index (χ1) is 6.68. The molecular weight excluding hydrogens is 204 g/mol. The summed E-state index contributed by atoms with van der Waals surface area (Å²) in [6.45, 7) is 3.69. The van der Waals surface area contributed by atoms with Crippen molar-refractivity contribution in [2.45, 2.75) is 6.10 Å². The second-order valence-corrected chi connectivity index (χ2v) is 3.45. The second kappa shape index (κ2) is 3.52. The Morgan fingerprint density at radius 2 is 2.14 bits per heavy atom. The van der Waals surface area contributed by atoms with Gasteiger partial charge in [0, 0.05) is 5.03 Å².